The summed E-state index contributed by atoms with van der Waals surface area (Å²) in [6, 6.07) is 3.80. The number of thiazole rings is 1. The molecular weight excluding hydrogens is 265 g/mol. The number of hydrogen-bond acceptors (Lipinski definition) is 4. The summed E-state index contributed by atoms with van der Waals surface area (Å²) < 4.78 is 43.3. The summed E-state index contributed by atoms with van der Waals surface area (Å²) in [5.74, 6) is -0.240. The summed E-state index contributed by atoms with van der Waals surface area (Å²) in [5, 5.41) is 1.89. The second-order valence-electron chi connectivity index (χ2n) is 3.46. The molecule has 1 aromatic carbocycles. The molecule has 0 aliphatic heterocycles. The molecule has 0 bridgehead atoms. The lowest BCUT2D eigenvalue weighted by Gasteiger charge is -2.14. The first kappa shape index (κ1) is 12.7. The number of para-hydroxylation sites is 1. The minimum absolute atomic E-state index is 0.240. The molecule has 2 N–H and O–H groups in total. The number of alkyl halides is 3. The predicted molar refractivity (Wildman–Crippen MR) is 63.5 cm³/mol. The highest BCUT2D eigenvalue weighted by Gasteiger charge is 2.35. The van der Waals surface area contributed by atoms with Crippen molar-refractivity contribution in [1.29, 1.82) is 0 Å². The van der Waals surface area contributed by atoms with Gasteiger partial charge in [0.25, 0.3) is 0 Å². The first-order valence-corrected chi connectivity index (χ1v) is 5.77. The number of nitrogen functional groups attached to an aromatic ring is 1. The van der Waals surface area contributed by atoms with Crippen LogP contribution >= 0.6 is 11.3 Å². The zero-order chi connectivity index (χ0) is 13.3. The fraction of sp³-hybridized carbons (Fsp3) is 0.182. The second kappa shape index (κ2) is 4.49. The Kier molecular flexibility index (Phi) is 3.16. The molecule has 2 aromatic rings. The third-order valence-corrected chi connectivity index (χ3v) is 3.00. The Labute approximate surface area is 105 Å². The van der Waals surface area contributed by atoms with Crippen LogP contribution in [0, 0.1) is 0 Å². The van der Waals surface area contributed by atoms with Crippen molar-refractivity contribution in [3.8, 4) is 17.0 Å². The maximum absolute atomic E-state index is 12.8. The number of ether oxygens (including phenoxy) is 1. The van der Waals surface area contributed by atoms with E-state index in [1.54, 1.807) is 5.38 Å². The average Bonchev–Trinajstić information content (AvgIpc) is 2.73. The van der Waals surface area contributed by atoms with Crippen molar-refractivity contribution >= 4 is 16.5 Å². The molecule has 0 spiro atoms. The van der Waals surface area contributed by atoms with Crippen LogP contribution in [0.5, 0.6) is 5.75 Å². The van der Waals surface area contributed by atoms with Crippen LogP contribution in [0.4, 0.5) is 18.3 Å². The molecule has 0 saturated heterocycles. The number of nitrogens with two attached hydrogens (primary N) is 1. The standard InChI is InChI=1S/C11H9F3N2OS/c1-17-9-6(8-5-18-10(15)16-8)3-2-4-7(9)11(12,13)14/h2-5H,1H3,(H2,15,16). The number of aromatic nitrogens is 1. The first-order valence-electron chi connectivity index (χ1n) is 4.89. The van der Waals surface area contributed by atoms with Crippen molar-refractivity contribution in [3.05, 3.63) is 29.1 Å². The van der Waals surface area contributed by atoms with Crippen molar-refractivity contribution < 1.29 is 17.9 Å². The monoisotopic (exact) mass is 274 g/mol. The molecular formula is C11H9F3N2OS. The van der Waals surface area contributed by atoms with Gasteiger partial charge in [0, 0.05) is 10.9 Å². The molecule has 0 fully saturated rings. The third-order valence-electron chi connectivity index (χ3n) is 2.32. The lowest BCUT2D eigenvalue weighted by Crippen LogP contribution is -2.08. The normalized spacial score (nSPS) is 11.6. The van der Waals surface area contributed by atoms with Gasteiger partial charge in [-0.15, -0.1) is 11.3 Å². The second-order valence-corrected chi connectivity index (χ2v) is 4.34. The van der Waals surface area contributed by atoms with Crippen LogP contribution < -0.4 is 10.5 Å². The molecule has 96 valence electrons. The number of benzene rings is 1. The van der Waals surface area contributed by atoms with Crippen LogP contribution in [0.15, 0.2) is 23.6 Å². The molecule has 0 unspecified atom stereocenters. The van der Waals surface area contributed by atoms with Crippen LogP contribution in [0.2, 0.25) is 0 Å². The molecule has 0 aliphatic carbocycles. The fourth-order valence-electron chi connectivity index (χ4n) is 1.59. The number of nitrogens with zero attached hydrogens (tertiary/aromatic N) is 1. The van der Waals surface area contributed by atoms with Crippen LogP contribution in [-0.4, -0.2) is 12.1 Å². The van der Waals surface area contributed by atoms with E-state index in [1.807, 2.05) is 0 Å². The average molecular weight is 274 g/mol. The summed E-state index contributed by atoms with van der Waals surface area (Å²) in [4.78, 5) is 3.96. The summed E-state index contributed by atoms with van der Waals surface area (Å²) >= 11 is 1.16. The molecule has 0 saturated carbocycles. The molecule has 0 aliphatic rings. The summed E-state index contributed by atoms with van der Waals surface area (Å²) in [7, 11) is 1.20. The van der Waals surface area contributed by atoms with E-state index in [4.69, 9.17) is 10.5 Å². The van der Waals surface area contributed by atoms with Crippen LogP contribution in [-0.2, 0) is 6.18 Å². The van der Waals surface area contributed by atoms with E-state index in [9.17, 15) is 13.2 Å². The van der Waals surface area contributed by atoms with Gasteiger partial charge in [0.1, 0.15) is 5.75 Å². The van der Waals surface area contributed by atoms with Gasteiger partial charge in [0.15, 0.2) is 5.13 Å². The Morgan fingerprint density at radius 3 is 2.56 bits per heavy atom. The van der Waals surface area contributed by atoms with Gasteiger partial charge in [-0.1, -0.05) is 6.07 Å². The Morgan fingerprint density at radius 2 is 2.06 bits per heavy atom. The van der Waals surface area contributed by atoms with Gasteiger partial charge in [0.05, 0.1) is 18.4 Å². The van der Waals surface area contributed by atoms with Crippen molar-refractivity contribution in [2.45, 2.75) is 6.18 Å². The number of methoxy groups -OCH3 is 1. The van der Waals surface area contributed by atoms with E-state index >= 15 is 0 Å². The molecule has 2 rings (SSSR count). The van der Waals surface area contributed by atoms with Crippen LogP contribution in [0.3, 0.4) is 0 Å². The number of hydrogen-bond donors (Lipinski definition) is 1. The molecule has 1 aromatic heterocycles. The van der Waals surface area contributed by atoms with Crippen LogP contribution in [0.1, 0.15) is 5.56 Å². The van der Waals surface area contributed by atoms with Gasteiger partial charge in [-0.25, -0.2) is 4.98 Å². The topological polar surface area (TPSA) is 48.1 Å². The zero-order valence-corrected chi connectivity index (χ0v) is 10.1. The van der Waals surface area contributed by atoms with Gasteiger partial charge < -0.3 is 10.5 Å². The fourth-order valence-corrected chi connectivity index (χ4v) is 2.16. The highest BCUT2D eigenvalue weighted by atomic mass is 32.1. The number of rotatable bonds is 2. The smallest absolute Gasteiger partial charge is 0.419 e. The van der Waals surface area contributed by atoms with E-state index in [0.29, 0.717) is 10.8 Å². The van der Waals surface area contributed by atoms with E-state index in [0.717, 1.165) is 17.4 Å². The van der Waals surface area contributed by atoms with E-state index in [1.165, 1.54) is 19.2 Å². The minimum Gasteiger partial charge on any atom is -0.495 e. The third kappa shape index (κ3) is 2.26. The Bertz CT molecular complexity index is 566. The summed E-state index contributed by atoms with van der Waals surface area (Å²) in [5.41, 5.74) is 5.30. The molecule has 7 heteroatoms. The Morgan fingerprint density at radius 1 is 1.33 bits per heavy atom. The van der Waals surface area contributed by atoms with E-state index < -0.39 is 11.7 Å². The quantitative estimate of drug-likeness (QED) is 0.912. The Hall–Kier alpha value is -1.76. The predicted octanol–water partition coefficient (Wildman–Crippen LogP) is 3.42. The zero-order valence-electron chi connectivity index (χ0n) is 9.28. The molecule has 0 radical (unpaired) electrons. The maximum Gasteiger partial charge on any atom is 0.419 e. The minimum atomic E-state index is -4.47. The summed E-state index contributed by atoms with van der Waals surface area (Å²) in [6.07, 6.45) is -4.47. The molecule has 0 amide bonds. The number of anilines is 1. The highest BCUT2D eigenvalue weighted by Crippen LogP contribution is 2.41. The largest absolute Gasteiger partial charge is 0.495 e. The lowest BCUT2D eigenvalue weighted by molar-refractivity contribution is -0.138. The Balaban J connectivity index is 2.62. The lowest BCUT2D eigenvalue weighted by atomic mass is 10.1. The van der Waals surface area contributed by atoms with Gasteiger partial charge in [-0.2, -0.15) is 13.2 Å². The van der Waals surface area contributed by atoms with Crippen LogP contribution in [0.25, 0.3) is 11.3 Å². The van der Waals surface area contributed by atoms with Gasteiger partial charge in [-0.05, 0) is 12.1 Å². The van der Waals surface area contributed by atoms with Gasteiger partial charge in [0.2, 0.25) is 0 Å². The molecule has 0 atom stereocenters. The molecule has 18 heavy (non-hydrogen) atoms. The van der Waals surface area contributed by atoms with Crippen molar-refractivity contribution in [1.82, 2.24) is 4.98 Å². The highest BCUT2D eigenvalue weighted by molar-refractivity contribution is 7.13. The van der Waals surface area contributed by atoms with Gasteiger partial charge >= 0.3 is 6.18 Å². The summed E-state index contributed by atoms with van der Waals surface area (Å²) in [6.45, 7) is 0. The van der Waals surface area contributed by atoms with Gasteiger partial charge in [-0.3, -0.25) is 0 Å². The van der Waals surface area contributed by atoms with E-state index in [-0.39, 0.29) is 11.3 Å². The van der Waals surface area contributed by atoms with E-state index in [2.05, 4.69) is 4.98 Å². The SMILES string of the molecule is COc1c(-c2csc(N)n2)cccc1C(F)(F)F. The van der Waals surface area contributed by atoms with Crippen molar-refractivity contribution in [2.75, 3.05) is 12.8 Å². The first-order chi connectivity index (χ1) is 8.43. The molecule has 1 heterocycles. The maximum atomic E-state index is 12.8. The van der Waals surface area contributed by atoms with Crippen molar-refractivity contribution in [2.24, 2.45) is 0 Å². The molecule has 3 nitrogen and oxygen atoms in total. The van der Waals surface area contributed by atoms with Crippen molar-refractivity contribution in [3.63, 3.8) is 0 Å². The number of halogens is 3.